The van der Waals surface area contributed by atoms with Gasteiger partial charge in [-0.1, -0.05) is 0 Å². The molecule has 0 radical (unpaired) electrons. The molecule has 0 aliphatic carbocycles. The average Bonchev–Trinajstić information content (AvgIpc) is 3.12. The molecule has 0 amide bonds. The zero-order valence-corrected chi connectivity index (χ0v) is 15.3. The summed E-state index contributed by atoms with van der Waals surface area (Å²) in [5.74, 6) is -0.291. The van der Waals surface area contributed by atoms with Crippen LogP contribution in [0.3, 0.4) is 0 Å². The SMILES string of the molecule is BC(C=O)C(OC)c1cn(C2O[C@H](CO)[C@@H](O)[C@@]2(C)O)c2ncnc(N)c12. The minimum absolute atomic E-state index is 0.186. The quantitative estimate of drug-likeness (QED) is 0.341. The van der Waals surface area contributed by atoms with Gasteiger partial charge in [0.05, 0.1) is 18.1 Å². The number of anilines is 1. The summed E-state index contributed by atoms with van der Waals surface area (Å²) in [5, 5.41) is 31.0. The first-order valence-electron chi connectivity index (χ1n) is 8.53. The highest BCUT2D eigenvalue weighted by molar-refractivity contribution is 6.20. The van der Waals surface area contributed by atoms with E-state index in [-0.39, 0.29) is 5.82 Å². The number of aromatic nitrogens is 3. The van der Waals surface area contributed by atoms with Gasteiger partial charge in [0, 0.05) is 24.7 Å². The Hall–Kier alpha value is -2.05. The first-order valence-corrected chi connectivity index (χ1v) is 8.53. The predicted molar refractivity (Wildman–Crippen MR) is 97.7 cm³/mol. The lowest BCUT2D eigenvalue weighted by molar-refractivity contribution is -0.110. The Balaban J connectivity index is 2.21. The Bertz CT molecular complexity index is 844. The van der Waals surface area contributed by atoms with E-state index in [0.29, 0.717) is 16.6 Å². The molecule has 1 fully saturated rings. The smallest absolute Gasteiger partial charge is 0.167 e. The molecule has 5 N–H and O–H groups in total. The molecule has 1 aliphatic heterocycles. The highest BCUT2D eigenvalue weighted by Gasteiger charge is 2.53. The molecule has 0 aromatic carbocycles. The lowest BCUT2D eigenvalue weighted by Crippen LogP contribution is -2.44. The van der Waals surface area contributed by atoms with E-state index in [1.807, 2.05) is 0 Å². The van der Waals surface area contributed by atoms with Crippen molar-refractivity contribution in [3.05, 3.63) is 18.1 Å². The van der Waals surface area contributed by atoms with Crippen LogP contribution in [0.1, 0.15) is 24.8 Å². The number of fused-ring (bicyclic) bond motifs is 1. The Labute approximate surface area is 156 Å². The second-order valence-corrected chi connectivity index (χ2v) is 6.98. The van der Waals surface area contributed by atoms with E-state index < -0.39 is 42.6 Å². The number of hydrogen-bond donors (Lipinski definition) is 4. The highest BCUT2D eigenvalue weighted by Crippen LogP contribution is 2.43. The Kier molecular flexibility index (Phi) is 5.23. The maximum atomic E-state index is 11.3. The molecular weight excluding hydrogens is 355 g/mol. The van der Waals surface area contributed by atoms with E-state index in [1.165, 1.54) is 24.9 Å². The first kappa shape index (κ1) is 19.7. The number of nitrogens with zero attached hydrogens (tertiary/aromatic N) is 3. The Morgan fingerprint density at radius 2 is 2.26 bits per heavy atom. The van der Waals surface area contributed by atoms with E-state index in [1.54, 1.807) is 14.0 Å². The maximum absolute atomic E-state index is 11.3. The zero-order valence-electron chi connectivity index (χ0n) is 15.3. The van der Waals surface area contributed by atoms with Crippen LogP contribution >= 0.6 is 0 Å². The van der Waals surface area contributed by atoms with E-state index >= 15 is 0 Å². The van der Waals surface area contributed by atoms with Crippen molar-refractivity contribution < 1.29 is 29.6 Å². The van der Waals surface area contributed by atoms with Gasteiger partial charge >= 0.3 is 0 Å². The number of ether oxygens (including phenoxy) is 2. The van der Waals surface area contributed by atoms with Crippen LogP contribution in [-0.4, -0.2) is 75.5 Å². The van der Waals surface area contributed by atoms with Gasteiger partial charge in [-0.25, -0.2) is 9.97 Å². The number of carbonyl (C=O) groups is 1. The van der Waals surface area contributed by atoms with E-state index in [9.17, 15) is 20.1 Å². The molecule has 3 rings (SSSR count). The van der Waals surface area contributed by atoms with Crippen LogP contribution in [-0.2, 0) is 14.3 Å². The highest BCUT2D eigenvalue weighted by atomic mass is 16.6. The summed E-state index contributed by atoms with van der Waals surface area (Å²) in [6.07, 6.45) is -0.270. The second kappa shape index (κ2) is 7.17. The number of hydrogen-bond acceptors (Lipinski definition) is 9. The molecule has 0 spiro atoms. The van der Waals surface area contributed by atoms with Gasteiger partial charge in [0.1, 0.15) is 49.7 Å². The van der Waals surface area contributed by atoms with Crippen LogP contribution in [0.15, 0.2) is 12.5 Å². The summed E-state index contributed by atoms with van der Waals surface area (Å²) < 4.78 is 12.7. The van der Waals surface area contributed by atoms with Gasteiger partial charge in [0.15, 0.2) is 6.23 Å². The van der Waals surface area contributed by atoms with Crippen molar-refractivity contribution >= 4 is 31.0 Å². The van der Waals surface area contributed by atoms with Crippen LogP contribution in [0.25, 0.3) is 11.0 Å². The van der Waals surface area contributed by atoms with Crippen molar-refractivity contribution in [1.29, 1.82) is 0 Å². The largest absolute Gasteiger partial charge is 0.394 e. The molecule has 1 aliphatic rings. The minimum atomic E-state index is -1.70. The van der Waals surface area contributed by atoms with Crippen molar-refractivity contribution in [3.8, 4) is 0 Å². The summed E-state index contributed by atoms with van der Waals surface area (Å²) in [6, 6.07) is 0. The maximum Gasteiger partial charge on any atom is 0.167 e. The Morgan fingerprint density at radius 3 is 2.81 bits per heavy atom. The summed E-state index contributed by atoms with van der Waals surface area (Å²) >= 11 is 0. The second-order valence-electron chi connectivity index (χ2n) is 6.98. The van der Waals surface area contributed by atoms with E-state index in [0.717, 1.165) is 6.29 Å². The van der Waals surface area contributed by atoms with Crippen molar-refractivity contribution in [2.75, 3.05) is 19.5 Å². The molecule has 3 unspecified atom stereocenters. The lowest BCUT2D eigenvalue weighted by atomic mass is 9.81. The number of rotatable bonds is 6. The fraction of sp³-hybridized carbons (Fsp3) is 0.562. The third kappa shape index (κ3) is 3.01. The van der Waals surface area contributed by atoms with Gasteiger partial charge in [-0.15, -0.1) is 0 Å². The molecule has 146 valence electrons. The van der Waals surface area contributed by atoms with Crippen molar-refractivity contribution in [3.63, 3.8) is 0 Å². The molecule has 2 aromatic rings. The van der Waals surface area contributed by atoms with Crippen molar-refractivity contribution in [1.82, 2.24) is 14.5 Å². The van der Waals surface area contributed by atoms with Crippen LogP contribution in [0.2, 0.25) is 5.82 Å². The summed E-state index contributed by atoms with van der Waals surface area (Å²) in [5.41, 5.74) is 5.27. The minimum Gasteiger partial charge on any atom is -0.394 e. The number of methoxy groups -OCH3 is 1. The molecule has 1 saturated heterocycles. The third-order valence-corrected chi connectivity index (χ3v) is 5.11. The Morgan fingerprint density at radius 1 is 1.56 bits per heavy atom. The number of aliphatic hydroxyl groups excluding tert-OH is 2. The third-order valence-electron chi connectivity index (χ3n) is 5.11. The molecule has 10 nitrogen and oxygen atoms in total. The molecular formula is C16H23BN4O6. The average molecular weight is 378 g/mol. The zero-order chi connectivity index (χ0) is 19.9. The van der Waals surface area contributed by atoms with Crippen LogP contribution in [0, 0.1) is 0 Å². The van der Waals surface area contributed by atoms with E-state index in [2.05, 4.69) is 9.97 Å². The topological polar surface area (TPSA) is 153 Å². The van der Waals surface area contributed by atoms with Gasteiger partial charge in [-0.3, -0.25) is 0 Å². The predicted octanol–water partition coefficient (Wildman–Crippen LogP) is -1.68. The fourth-order valence-corrected chi connectivity index (χ4v) is 3.62. The van der Waals surface area contributed by atoms with Crippen LogP contribution in [0.5, 0.6) is 0 Å². The van der Waals surface area contributed by atoms with Crippen molar-refractivity contribution in [2.24, 2.45) is 0 Å². The lowest BCUT2D eigenvalue weighted by Gasteiger charge is -2.27. The van der Waals surface area contributed by atoms with E-state index in [4.69, 9.17) is 15.2 Å². The molecule has 11 heteroatoms. The monoisotopic (exact) mass is 378 g/mol. The molecule has 6 atom stereocenters. The summed E-state index contributed by atoms with van der Waals surface area (Å²) in [7, 11) is 3.18. The molecule has 0 saturated carbocycles. The molecule has 3 heterocycles. The van der Waals surface area contributed by atoms with Crippen LogP contribution < -0.4 is 5.73 Å². The normalized spacial score (nSPS) is 30.5. The molecule has 2 aromatic heterocycles. The summed E-state index contributed by atoms with van der Waals surface area (Å²) in [4.78, 5) is 19.6. The molecule has 0 bridgehead atoms. The summed E-state index contributed by atoms with van der Waals surface area (Å²) in [6.45, 7) is 0.954. The van der Waals surface area contributed by atoms with Gasteiger partial charge in [-0.05, 0) is 6.92 Å². The van der Waals surface area contributed by atoms with Gasteiger partial charge < -0.3 is 39.9 Å². The first-order chi connectivity index (χ1) is 12.8. The number of aldehydes is 1. The van der Waals surface area contributed by atoms with Crippen molar-refractivity contribution in [2.45, 2.75) is 42.9 Å². The fourth-order valence-electron chi connectivity index (χ4n) is 3.62. The number of nitrogen functional groups attached to an aromatic ring is 1. The van der Waals surface area contributed by atoms with Gasteiger partial charge in [0.2, 0.25) is 0 Å². The number of nitrogens with two attached hydrogens (primary N) is 1. The standard InChI is InChI=1S/C16H23BN4O6/c1-16(25)12(24)9(5-23)27-15(16)21-3-7(11(26-2)8(17)4-22)10-13(18)19-6-20-14(10)21/h3-4,6,8-9,11-12,15,23-25H,5,17H2,1-2H3,(H2,18,19,20)/t8?,9-,11?,12-,15?,16-/m1/s1. The number of aliphatic hydroxyl groups is 3. The number of carbonyl (C=O) groups excluding carboxylic acids is 1. The molecule has 27 heavy (non-hydrogen) atoms. The van der Waals surface area contributed by atoms with Crippen LogP contribution in [0.4, 0.5) is 5.82 Å². The van der Waals surface area contributed by atoms with Gasteiger partial charge in [-0.2, -0.15) is 0 Å². The van der Waals surface area contributed by atoms with Gasteiger partial charge in [0.25, 0.3) is 0 Å².